The number of piperazine rings is 1. The van der Waals surface area contributed by atoms with Crippen molar-refractivity contribution in [1.29, 1.82) is 0 Å². The van der Waals surface area contributed by atoms with Crippen LogP contribution < -0.4 is 10.2 Å². The number of anilines is 2. The Morgan fingerprint density at radius 3 is 2.45 bits per heavy atom. The maximum atomic E-state index is 13.3. The second-order valence-corrected chi connectivity index (χ2v) is 7.94. The second kappa shape index (κ2) is 10.4. The zero-order chi connectivity index (χ0) is 24.2. The van der Waals surface area contributed by atoms with Crippen LogP contribution in [0.1, 0.15) is 29.8 Å². The lowest BCUT2D eigenvalue weighted by atomic mass is 10.1. The summed E-state index contributed by atoms with van der Waals surface area (Å²) in [7, 11) is 0. The summed E-state index contributed by atoms with van der Waals surface area (Å²) >= 11 is 5.69. The Morgan fingerprint density at radius 2 is 1.88 bits per heavy atom. The Hall–Kier alpha value is -2.85. The SMILES string of the molecule is CCOC(=O)c1ccc(N2CCN(C(C)C(=O)Nc3ccc(Cl)cc3C(F)(F)F)CC2)nc1. The third kappa shape index (κ3) is 6.14. The summed E-state index contributed by atoms with van der Waals surface area (Å²) in [5.41, 5.74) is -0.948. The van der Waals surface area contributed by atoms with Gasteiger partial charge in [0.05, 0.1) is 29.5 Å². The van der Waals surface area contributed by atoms with E-state index in [9.17, 15) is 22.8 Å². The van der Waals surface area contributed by atoms with Gasteiger partial charge in [-0.05, 0) is 44.2 Å². The van der Waals surface area contributed by atoms with E-state index in [0.717, 1.165) is 12.1 Å². The molecule has 0 aliphatic carbocycles. The number of aromatic nitrogens is 1. The van der Waals surface area contributed by atoms with Gasteiger partial charge in [-0.3, -0.25) is 9.69 Å². The van der Waals surface area contributed by atoms with Crippen LogP contribution in [0.15, 0.2) is 36.5 Å². The highest BCUT2D eigenvalue weighted by atomic mass is 35.5. The number of esters is 1. The first-order valence-electron chi connectivity index (χ1n) is 10.4. The molecule has 1 atom stereocenters. The zero-order valence-electron chi connectivity index (χ0n) is 18.2. The highest BCUT2D eigenvalue weighted by Gasteiger charge is 2.35. The van der Waals surface area contributed by atoms with Crippen molar-refractivity contribution in [2.24, 2.45) is 0 Å². The predicted molar refractivity (Wildman–Crippen MR) is 119 cm³/mol. The number of halogens is 4. The molecule has 1 fully saturated rings. The number of benzene rings is 1. The average molecular weight is 485 g/mol. The molecule has 1 amide bonds. The van der Waals surface area contributed by atoms with E-state index in [0.29, 0.717) is 37.6 Å². The molecule has 7 nitrogen and oxygen atoms in total. The van der Waals surface area contributed by atoms with E-state index in [4.69, 9.17) is 16.3 Å². The predicted octanol–water partition coefficient (Wildman–Crippen LogP) is 4.08. The quantitative estimate of drug-likeness (QED) is 0.623. The van der Waals surface area contributed by atoms with Crippen molar-refractivity contribution in [3.63, 3.8) is 0 Å². The van der Waals surface area contributed by atoms with Crippen LogP contribution in [0.3, 0.4) is 0 Å². The third-order valence-corrected chi connectivity index (χ3v) is 5.60. The van der Waals surface area contributed by atoms with E-state index in [2.05, 4.69) is 10.3 Å². The zero-order valence-corrected chi connectivity index (χ0v) is 18.9. The Labute approximate surface area is 194 Å². The Balaban J connectivity index is 1.59. The maximum absolute atomic E-state index is 13.3. The fourth-order valence-electron chi connectivity index (χ4n) is 3.51. The van der Waals surface area contributed by atoms with Gasteiger partial charge in [0.1, 0.15) is 5.82 Å². The van der Waals surface area contributed by atoms with Crippen molar-refractivity contribution in [2.75, 3.05) is 43.0 Å². The molecule has 1 unspecified atom stereocenters. The number of amides is 1. The van der Waals surface area contributed by atoms with Crippen LogP contribution in [0.2, 0.25) is 5.02 Å². The van der Waals surface area contributed by atoms with Gasteiger partial charge in [0.25, 0.3) is 0 Å². The number of carbonyl (C=O) groups excluding carboxylic acids is 2. The summed E-state index contributed by atoms with van der Waals surface area (Å²) in [5.74, 6) is -0.278. The van der Waals surface area contributed by atoms with Gasteiger partial charge in [-0.2, -0.15) is 13.2 Å². The molecule has 0 saturated carbocycles. The van der Waals surface area contributed by atoms with E-state index in [1.54, 1.807) is 26.0 Å². The van der Waals surface area contributed by atoms with Crippen molar-refractivity contribution in [2.45, 2.75) is 26.1 Å². The van der Waals surface area contributed by atoms with Gasteiger partial charge in [0.2, 0.25) is 5.91 Å². The molecule has 11 heteroatoms. The molecule has 0 spiro atoms. The van der Waals surface area contributed by atoms with Gasteiger partial charge in [-0.25, -0.2) is 9.78 Å². The number of rotatable bonds is 6. The first-order valence-corrected chi connectivity index (χ1v) is 10.8. The van der Waals surface area contributed by atoms with Crippen LogP contribution in [-0.2, 0) is 15.7 Å². The average Bonchev–Trinajstić information content (AvgIpc) is 2.79. The maximum Gasteiger partial charge on any atom is 0.418 e. The molecule has 1 aliphatic rings. The van der Waals surface area contributed by atoms with E-state index < -0.39 is 29.7 Å². The molecule has 1 aliphatic heterocycles. The molecule has 2 aromatic rings. The molecule has 3 rings (SSSR count). The number of alkyl halides is 3. The van der Waals surface area contributed by atoms with Crippen LogP contribution in [0.5, 0.6) is 0 Å². The lowest BCUT2D eigenvalue weighted by Crippen LogP contribution is -2.53. The number of nitrogens with one attached hydrogen (secondary N) is 1. The van der Waals surface area contributed by atoms with Crippen LogP contribution in [0.25, 0.3) is 0 Å². The smallest absolute Gasteiger partial charge is 0.418 e. The molecule has 1 N–H and O–H groups in total. The van der Waals surface area contributed by atoms with Crippen LogP contribution in [0, 0.1) is 0 Å². The minimum atomic E-state index is -4.64. The first-order chi connectivity index (χ1) is 15.6. The molecule has 178 valence electrons. The second-order valence-electron chi connectivity index (χ2n) is 7.50. The summed E-state index contributed by atoms with van der Waals surface area (Å²) in [4.78, 5) is 32.6. The van der Waals surface area contributed by atoms with Crippen molar-refractivity contribution in [3.8, 4) is 0 Å². The lowest BCUT2D eigenvalue weighted by Gasteiger charge is -2.38. The summed E-state index contributed by atoms with van der Waals surface area (Å²) in [6, 6.07) is 5.99. The van der Waals surface area contributed by atoms with E-state index in [1.807, 2.05) is 9.80 Å². The summed E-state index contributed by atoms with van der Waals surface area (Å²) in [5, 5.41) is 2.32. The molecule has 1 aromatic heterocycles. The number of hydrogen-bond donors (Lipinski definition) is 1. The van der Waals surface area contributed by atoms with Gasteiger partial charge < -0.3 is 15.0 Å². The standard InChI is InChI=1S/C22H24ClF3N4O3/c1-3-33-21(32)15-4-7-19(27-13-15)30-10-8-29(9-11-30)14(2)20(31)28-18-6-5-16(23)12-17(18)22(24,25)26/h4-7,12-14H,3,8-11H2,1-2H3,(H,28,31). The van der Waals surface area contributed by atoms with Gasteiger partial charge in [0, 0.05) is 37.4 Å². The van der Waals surface area contributed by atoms with Crippen molar-refractivity contribution in [1.82, 2.24) is 9.88 Å². The topological polar surface area (TPSA) is 74.8 Å². The van der Waals surface area contributed by atoms with E-state index in [-0.39, 0.29) is 17.3 Å². The molecular weight excluding hydrogens is 461 g/mol. The molecule has 1 saturated heterocycles. The summed E-state index contributed by atoms with van der Waals surface area (Å²) < 4.78 is 44.8. The highest BCUT2D eigenvalue weighted by molar-refractivity contribution is 6.30. The number of pyridine rings is 1. The Kier molecular flexibility index (Phi) is 7.80. The van der Waals surface area contributed by atoms with Crippen molar-refractivity contribution in [3.05, 3.63) is 52.7 Å². The minimum absolute atomic E-state index is 0.0617. The van der Waals surface area contributed by atoms with Gasteiger partial charge in [0.15, 0.2) is 0 Å². The largest absolute Gasteiger partial charge is 0.462 e. The van der Waals surface area contributed by atoms with Crippen molar-refractivity contribution >= 4 is 35.0 Å². The molecule has 33 heavy (non-hydrogen) atoms. The molecule has 1 aromatic carbocycles. The number of hydrogen-bond acceptors (Lipinski definition) is 6. The monoisotopic (exact) mass is 484 g/mol. The molecule has 2 heterocycles. The fraction of sp³-hybridized carbons (Fsp3) is 0.409. The number of carbonyl (C=O) groups is 2. The third-order valence-electron chi connectivity index (χ3n) is 5.37. The van der Waals surface area contributed by atoms with Crippen LogP contribution in [-0.4, -0.2) is 60.6 Å². The van der Waals surface area contributed by atoms with Crippen LogP contribution in [0.4, 0.5) is 24.7 Å². The number of ether oxygens (including phenoxy) is 1. The van der Waals surface area contributed by atoms with Gasteiger partial charge >= 0.3 is 12.1 Å². The fourth-order valence-corrected chi connectivity index (χ4v) is 3.68. The minimum Gasteiger partial charge on any atom is -0.462 e. The molecule has 0 bridgehead atoms. The first kappa shape index (κ1) is 24.8. The lowest BCUT2D eigenvalue weighted by molar-refractivity contribution is -0.137. The van der Waals surface area contributed by atoms with E-state index >= 15 is 0 Å². The number of nitrogens with zero attached hydrogens (tertiary/aromatic N) is 3. The molecule has 0 radical (unpaired) electrons. The Morgan fingerprint density at radius 1 is 1.18 bits per heavy atom. The Bertz CT molecular complexity index is 993. The highest BCUT2D eigenvalue weighted by Crippen LogP contribution is 2.36. The van der Waals surface area contributed by atoms with Crippen molar-refractivity contribution < 1.29 is 27.5 Å². The van der Waals surface area contributed by atoms with Gasteiger partial charge in [-0.15, -0.1) is 0 Å². The van der Waals surface area contributed by atoms with E-state index in [1.165, 1.54) is 12.3 Å². The normalized spacial score (nSPS) is 15.8. The van der Waals surface area contributed by atoms with Gasteiger partial charge in [-0.1, -0.05) is 11.6 Å². The molecular formula is C22H24ClF3N4O3. The summed E-state index contributed by atoms with van der Waals surface area (Å²) in [6.07, 6.45) is -3.18. The van der Waals surface area contributed by atoms with Crippen LogP contribution >= 0.6 is 11.6 Å². The summed E-state index contributed by atoms with van der Waals surface area (Å²) in [6.45, 7) is 5.83.